The van der Waals surface area contributed by atoms with Gasteiger partial charge in [-0.1, -0.05) is 37.6 Å². The first-order valence-corrected chi connectivity index (χ1v) is 9.40. The number of carbonyl (C=O) groups excluding carboxylic acids is 2. The van der Waals surface area contributed by atoms with Gasteiger partial charge in [-0.2, -0.15) is 0 Å². The molecule has 1 aromatic carbocycles. The molecule has 0 spiro atoms. The van der Waals surface area contributed by atoms with Gasteiger partial charge in [-0.3, -0.25) is 9.59 Å². The van der Waals surface area contributed by atoms with Crippen LogP contribution in [0.5, 0.6) is 0 Å². The molecule has 1 aromatic rings. The van der Waals surface area contributed by atoms with E-state index in [1.165, 1.54) is 12.8 Å². The monoisotopic (exact) mass is 401 g/mol. The number of nitrogens with one attached hydrogen (secondary N) is 3. The van der Waals surface area contributed by atoms with Crippen LogP contribution in [-0.4, -0.2) is 37.5 Å². The van der Waals surface area contributed by atoms with Crippen LogP contribution in [0.15, 0.2) is 24.3 Å². The normalized spacial score (nSPS) is 17.9. The van der Waals surface area contributed by atoms with Gasteiger partial charge in [-0.15, -0.1) is 12.4 Å². The Morgan fingerprint density at radius 1 is 1.31 bits per heavy atom. The van der Waals surface area contributed by atoms with Crippen LogP contribution in [0.25, 0.3) is 0 Å². The van der Waals surface area contributed by atoms with E-state index in [9.17, 15) is 9.59 Å². The Labute approximate surface area is 167 Å². The van der Waals surface area contributed by atoms with E-state index in [-0.39, 0.29) is 30.1 Å². The van der Waals surface area contributed by atoms with E-state index >= 15 is 0 Å². The summed E-state index contributed by atoms with van der Waals surface area (Å²) in [4.78, 5) is 24.9. The van der Waals surface area contributed by atoms with Crippen molar-refractivity contribution in [1.82, 2.24) is 16.0 Å². The fourth-order valence-electron chi connectivity index (χ4n) is 3.08. The molecule has 26 heavy (non-hydrogen) atoms. The van der Waals surface area contributed by atoms with Gasteiger partial charge in [0, 0.05) is 6.54 Å². The Morgan fingerprint density at radius 3 is 2.65 bits per heavy atom. The summed E-state index contributed by atoms with van der Waals surface area (Å²) in [5, 5.41) is 9.55. The zero-order valence-electron chi connectivity index (χ0n) is 15.4. The van der Waals surface area contributed by atoms with Gasteiger partial charge in [0.1, 0.15) is 6.04 Å². The Hall–Kier alpha value is -1.30. The van der Waals surface area contributed by atoms with Crippen molar-refractivity contribution in [3.8, 4) is 0 Å². The van der Waals surface area contributed by atoms with E-state index in [4.69, 9.17) is 11.6 Å². The van der Waals surface area contributed by atoms with Gasteiger partial charge in [0.2, 0.25) is 5.91 Å². The third kappa shape index (κ3) is 6.78. The Kier molecular flexibility index (Phi) is 9.99. The third-order valence-electron chi connectivity index (χ3n) is 4.60. The molecule has 0 radical (unpaired) electrons. The summed E-state index contributed by atoms with van der Waals surface area (Å²) in [6, 6.07) is 6.27. The van der Waals surface area contributed by atoms with Gasteiger partial charge >= 0.3 is 0 Å². The van der Waals surface area contributed by atoms with Crippen molar-refractivity contribution in [2.45, 2.75) is 39.2 Å². The third-order valence-corrected chi connectivity index (χ3v) is 4.93. The molecule has 1 aliphatic heterocycles. The highest BCUT2D eigenvalue weighted by Crippen LogP contribution is 2.16. The lowest BCUT2D eigenvalue weighted by Gasteiger charge is -2.24. The molecule has 1 aliphatic rings. The van der Waals surface area contributed by atoms with E-state index in [2.05, 4.69) is 16.0 Å². The number of rotatable bonds is 7. The molecule has 2 atom stereocenters. The summed E-state index contributed by atoms with van der Waals surface area (Å²) in [5.74, 6) is 0.141. The minimum atomic E-state index is -0.576. The lowest BCUT2D eigenvalue weighted by molar-refractivity contribution is -0.124. The van der Waals surface area contributed by atoms with Crippen LogP contribution < -0.4 is 16.0 Å². The van der Waals surface area contributed by atoms with E-state index in [0.717, 1.165) is 19.5 Å². The highest BCUT2D eigenvalue weighted by Gasteiger charge is 2.25. The zero-order chi connectivity index (χ0) is 18.2. The maximum atomic E-state index is 12.5. The topological polar surface area (TPSA) is 70.2 Å². The lowest BCUT2D eigenvalue weighted by atomic mass is 9.96. The molecule has 0 aliphatic carbocycles. The SMILES string of the molecule is CC(C)C(NC(=O)c1ccccc1Cl)C(=O)NCCC1CCCNC1.Cl. The van der Waals surface area contributed by atoms with Crippen molar-refractivity contribution >= 4 is 35.8 Å². The highest BCUT2D eigenvalue weighted by molar-refractivity contribution is 6.33. The van der Waals surface area contributed by atoms with E-state index in [1.807, 2.05) is 13.8 Å². The molecular weight excluding hydrogens is 373 g/mol. The minimum absolute atomic E-state index is 0. The number of benzene rings is 1. The number of hydrogen-bond donors (Lipinski definition) is 3. The van der Waals surface area contributed by atoms with Crippen LogP contribution in [0.1, 0.15) is 43.5 Å². The molecule has 7 heteroatoms. The minimum Gasteiger partial charge on any atom is -0.354 e. The second kappa shape index (κ2) is 11.4. The second-order valence-electron chi connectivity index (χ2n) is 6.97. The van der Waals surface area contributed by atoms with Gasteiger partial charge in [0.25, 0.3) is 5.91 Å². The number of carbonyl (C=O) groups is 2. The Bertz CT molecular complexity index is 590. The number of piperidine rings is 1. The van der Waals surface area contributed by atoms with Gasteiger partial charge in [-0.05, 0) is 56.3 Å². The van der Waals surface area contributed by atoms with Crippen molar-refractivity contribution < 1.29 is 9.59 Å². The van der Waals surface area contributed by atoms with Crippen LogP contribution in [0, 0.1) is 11.8 Å². The second-order valence-corrected chi connectivity index (χ2v) is 7.37. The first kappa shape index (κ1) is 22.7. The molecule has 2 rings (SSSR count). The van der Waals surface area contributed by atoms with Gasteiger partial charge in [0.15, 0.2) is 0 Å². The molecule has 0 bridgehead atoms. The first-order valence-electron chi connectivity index (χ1n) is 9.03. The van der Waals surface area contributed by atoms with Gasteiger partial charge in [0.05, 0.1) is 10.6 Å². The first-order chi connectivity index (χ1) is 12.0. The quantitative estimate of drug-likeness (QED) is 0.657. The predicted octanol–water partition coefficient (Wildman–Crippen LogP) is 3.02. The van der Waals surface area contributed by atoms with E-state index in [1.54, 1.807) is 24.3 Å². The summed E-state index contributed by atoms with van der Waals surface area (Å²) in [6.07, 6.45) is 3.36. The molecule has 0 saturated carbocycles. The van der Waals surface area contributed by atoms with Crippen molar-refractivity contribution in [3.63, 3.8) is 0 Å². The van der Waals surface area contributed by atoms with Gasteiger partial charge in [-0.25, -0.2) is 0 Å². The number of hydrogen-bond acceptors (Lipinski definition) is 3. The predicted molar refractivity (Wildman–Crippen MR) is 108 cm³/mol. The Morgan fingerprint density at radius 2 is 2.04 bits per heavy atom. The standard InChI is InChI=1S/C19H28ClN3O2.ClH/c1-13(2)17(23-18(24)15-7-3-4-8-16(15)20)19(25)22-11-9-14-6-5-10-21-12-14;/h3-4,7-8,13-14,17,21H,5-6,9-12H2,1-2H3,(H,22,25)(H,23,24);1H. The fourth-order valence-corrected chi connectivity index (χ4v) is 3.30. The molecule has 5 nitrogen and oxygen atoms in total. The smallest absolute Gasteiger partial charge is 0.253 e. The highest BCUT2D eigenvalue weighted by atomic mass is 35.5. The largest absolute Gasteiger partial charge is 0.354 e. The molecule has 1 fully saturated rings. The van der Waals surface area contributed by atoms with E-state index < -0.39 is 6.04 Å². The van der Waals surface area contributed by atoms with Gasteiger partial charge < -0.3 is 16.0 Å². The average molecular weight is 402 g/mol. The molecule has 1 heterocycles. The fraction of sp³-hybridized carbons (Fsp3) is 0.579. The van der Waals surface area contributed by atoms with Crippen molar-refractivity contribution in [2.75, 3.05) is 19.6 Å². The van der Waals surface area contributed by atoms with Crippen molar-refractivity contribution in [3.05, 3.63) is 34.9 Å². The summed E-state index contributed by atoms with van der Waals surface area (Å²) in [7, 11) is 0. The molecule has 0 aromatic heterocycles. The van der Waals surface area contributed by atoms with Crippen LogP contribution >= 0.6 is 24.0 Å². The molecule has 2 unspecified atom stereocenters. The average Bonchev–Trinajstić information content (AvgIpc) is 2.60. The molecule has 146 valence electrons. The molecule has 3 N–H and O–H groups in total. The maximum absolute atomic E-state index is 12.5. The van der Waals surface area contributed by atoms with E-state index in [0.29, 0.717) is 23.0 Å². The summed E-state index contributed by atoms with van der Waals surface area (Å²) in [6.45, 7) is 6.58. The lowest BCUT2D eigenvalue weighted by Crippen LogP contribution is -2.50. The molecule has 2 amide bonds. The number of halogens is 2. The van der Waals surface area contributed by atoms with Crippen LogP contribution in [0.4, 0.5) is 0 Å². The summed E-state index contributed by atoms with van der Waals surface area (Å²) < 4.78 is 0. The van der Waals surface area contributed by atoms with Crippen LogP contribution in [0.2, 0.25) is 5.02 Å². The van der Waals surface area contributed by atoms with Crippen molar-refractivity contribution in [1.29, 1.82) is 0 Å². The number of amides is 2. The molecule has 1 saturated heterocycles. The van der Waals surface area contributed by atoms with Crippen LogP contribution in [0.3, 0.4) is 0 Å². The van der Waals surface area contributed by atoms with Crippen molar-refractivity contribution in [2.24, 2.45) is 11.8 Å². The molecular formula is C19H29Cl2N3O2. The Balaban J connectivity index is 0.00000338. The van der Waals surface area contributed by atoms with Crippen LogP contribution in [-0.2, 0) is 4.79 Å². The summed E-state index contributed by atoms with van der Waals surface area (Å²) in [5.41, 5.74) is 0.385. The maximum Gasteiger partial charge on any atom is 0.253 e. The summed E-state index contributed by atoms with van der Waals surface area (Å²) >= 11 is 6.06. The zero-order valence-corrected chi connectivity index (χ0v) is 17.0.